The number of hydrogen-bond donors (Lipinski definition) is 2. The van der Waals surface area contributed by atoms with Gasteiger partial charge in [0.25, 0.3) is 17.5 Å². The maximum atomic E-state index is 11.9. The Bertz CT molecular complexity index is 997. The maximum absolute atomic E-state index is 11.9. The number of ether oxygens (including phenoxy) is 2. The predicted octanol–water partition coefficient (Wildman–Crippen LogP) is 1.70. The molecular weight excluding hydrogens is 388 g/mol. The Morgan fingerprint density at radius 1 is 1.14 bits per heavy atom. The van der Waals surface area contributed by atoms with Crippen molar-refractivity contribution in [3.63, 3.8) is 0 Å². The number of nitro groups is 1. The zero-order chi connectivity index (χ0) is 20.3. The topological polar surface area (TPSA) is 133 Å². The van der Waals surface area contributed by atoms with Crippen LogP contribution >= 0.6 is 12.2 Å². The molecule has 142 valence electrons. The highest BCUT2D eigenvalue weighted by molar-refractivity contribution is 7.80. The molecule has 1 saturated heterocycles. The van der Waals surface area contributed by atoms with E-state index >= 15 is 0 Å². The number of pyridine rings is 1. The number of nitrogens with zero attached hydrogens (tertiary/aromatic N) is 2. The molecule has 1 aliphatic heterocycles. The molecule has 2 heterocycles. The molecule has 0 unspecified atom stereocenters. The SMILES string of the molecule is COc1cc(C=C2C(=O)NC(=S)NC2=O)ccc1Oc1ccc([N+](=O)[O-])cn1. The molecule has 0 spiro atoms. The number of hydrogen-bond acceptors (Lipinski definition) is 8. The molecule has 3 rings (SSSR count). The van der Waals surface area contributed by atoms with Crippen LogP contribution in [0.3, 0.4) is 0 Å². The Labute approximate surface area is 163 Å². The third-order valence-corrected chi connectivity index (χ3v) is 3.79. The van der Waals surface area contributed by atoms with Crippen LogP contribution in [0.15, 0.2) is 42.1 Å². The molecule has 1 fully saturated rings. The Morgan fingerprint density at radius 2 is 1.86 bits per heavy atom. The summed E-state index contributed by atoms with van der Waals surface area (Å²) in [6, 6.07) is 7.33. The van der Waals surface area contributed by atoms with Gasteiger partial charge in [-0.2, -0.15) is 0 Å². The Hall–Kier alpha value is -3.86. The first-order valence-electron chi connectivity index (χ1n) is 7.72. The van der Waals surface area contributed by atoms with Gasteiger partial charge in [0.05, 0.1) is 12.0 Å². The van der Waals surface area contributed by atoms with Crippen molar-refractivity contribution >= 4 is 40.9 Å². The van der Waals surface area contributed by atoms with E-state index in [1.807, 2.05) is 0 Å². The van der Waals surface area contributed by atoms with Crippen molar-refractivity contribution in [2.45, 2.75) is 0 Å². The average Bonchev–Trinajstić information content (AvgIpc) is 2.66. The van der Waals surface area contributed by atoms with Gasteiger partial charge in [0.2, 0.25) is 5.88 Å². The number of nitrogens with one attached hydrogen (secondary N) is 2. The molecule has 11 heteroatoms. The minimum Gasteiger partial charge on any atom is -0.493 e. The summed E-state index contributed by atoms with van der Waals surface area (Å²) in [6.45, 7) is 0. The van der Waals surface area contributed by atoms with Crippen molar-refractivity contribution in [2.24, 2.45) is 0 Å². The number of rotatable bonds is 5. The maximum Gasteiger partial charge on any atom is 0.287 e. The lowest BCUT2D eigenvalue weighted by atomic mass is 10.1. The molecule has 1 aromatic carbocycles. The quantitative estimate of drug-likeness (QED) is 0.255. The van der Waals surface area contributed by atoms with Crippen LogP contribution in [0.2, 0.25) is 0 Å². The van der Waals surface area contributed by atoms with Gasteiger partial charge in [0.15, 0.2) is 16.6 Å². The summed E-state index contributed by atoms with van der Waals surface area (Å²) in [6.07, 6.45) is 2.45. The van der Waals surface area contributed by atoms with E-state index in [9.17, 15) is 19.7 Å². The fourth-order valence-corrected chi connectivity index (χ4v) is 2.47. The molecule has 2 aromatic rings. The third-order valence-electron chi connectivity index (χ3n) is 3.59. The van der Waals surface area contributed by atoms with Crippen molar-refractivity contribution in [1.29, 1.82) is 0 Å². The highest BCUT2D eigenvalue weighted by atomic mass is 32.1. The van der Waals surface area contributed by atoms with Crippen LogP contribution in [0.4, 0.5) is 5.69 Å². The van der Waals surface area contributed by atoms with Gasteiger partial charge in [-0.1, -0.05) is 6.07 Å². The van der Waals surface area contributed by atoms with Crippen LogP contribution in [-0.2, 0) is 9.59 Å². The van der Waals surface area contributed by atoms with Gasteiger partial charge in [-0.15, -0.1) is 0 Å². The summed E-state index contributed by atoms with van der Waals surface area (Å²) in [5.74, 6) is -0.479. The number of carbonyl (C=O) groups excluding carboxylic acids is 2. The normalized spacial score (nSPS) is 13.5. The van der Waals surface area contributed by atoms with E-state index in [0.717, 1.165) is 6.20 Å². The van der Waals surface area contributed by atoms with Crippen molar-refractivity contribution in [1.82, 2.24) is 15.6 Å². The minimum atomic E-state index is -0.608. The first kappa shape index (κ1) is 18.9. The second-order valence-corrected chi connectivity index (χ2v) is 5.83. The fourth-order valence-electron chi connectivity index (χ4n) is 2.28. The van der Waals surface area contributed by atoms with E-state index in [0.29, 0.717) is 17.1 Å². The summed E-state index contributed by atoms with van der Waals surface area (Å²) in [4.78, 5) is 37.8. The fraction of sp³-hybridized carbons (Fsp3) is 0.0588. The van der Waals surface area contributed by atoms with Crippen LogP contribution in [0.5, 0.6) is 17.4 Å². The summed E-state index contributed by atoms with van der Waals surface area (Å²) in [7, 11) is 1.42. The van der Waals surface area contributed by atoms with Gasteiger partial charge in [-0.25, -0.2) is 4.98 Å². The third kappa shape index (κ3) is 4.10. The average molecular weight is 400 g/mol. The number of methoxy groups -OCH3 is 1. The molecule has 0 aliphatic carbocycles. The van der Waals surface area contributed by atoms with Gasteiger partial charge in [0.1, 0.15) is 11.8 Å². The summed E-state index contributed by atoms with van der Waals surface area (Å²) in [5, 5.41) is 15.3. The Kier molecular flexibility index (Phi) is 5.27. The van der Waals surface area contributed by atoms with Gasteiger partial charge in [-0.3, -0.25) is 30.3 Å². The predicted molar refractivity (Wildman–Crippen MR) is 101 cm³/mol. The van der Waals surface area contributed by atoms with Crippen LogP contribution < -0.4 is 20.1 Å². The number of amides is 2. The van der Waals surface area contributed by atoms with Gasteiger partial charge >= 0.3 is 0 Å². The van der Waals surface area contributed by atoms with Gasteiger partial charge in [0, 0.05) is 12.1 Å². The van der Waals surface area contributed by atoms with Crippen molar-refractivity contribution < 1.29 is 24.0 Å². The molecule has 0 bridgehead atoms. The molecule has 1 aliphatic rings. The molecule has 0 atom stereocenters. The lowest BCUT2D eigenvalue weighted by Gasteiger charge is -2.16. The first-order valence-corrected chi connectivity index (χ1v) is 8.13. The Morgan fingerprint density at radius 3 is 2.43 bits per heavy atom. The highest BCUT2D eigenvalue weighted by Gasteiger charge is 2.25. The summed E-state index contributed by atoms with van der Waals surface area (Å²) >= 11 is 4.75. The number of carbonyl (C=O) groups is 2. The number of aromatic nitrogens is 1. The first-order chi connectivity index (χ1) is 13.4. The minimum absolute atomic E-state index is 0.0518. The molecule has 28 heavy (non-hydrogen) atoms. The zero-order valence-corrected chi connectivity index (χ0v) is 15.1. The van der Waals surface area contributed by atoms with E-state index in [4.69, 9.17) is 21.7 Å². The molecule has 2 amide bonds. The molecule has 1 aromatic heterocycles. The molecule has 0 saturated carbocycles. The number of thiocarbonyl (C=S) groups is 1. The lowest BCUT2D eigenvalue weighted by Crippen LogP contribution is -2.51. The monoisotopic (exact) mass is 400 g/mol. The molecule has 10 nitrogen and oxygen atoms in total. The van der Waals surface area contributed by atoms with E-state index < -0.39 is 16.7 Å². The Balaban J connectivity index is 1.85. The van der Waals surface area contributed by atoms with E-state index in [-0.39, 0.29) is 22.3 Å². The van der Waals surface area contributed by atoms with E-state index in [1.165, 1.54) is 25.3 Å². The van der Waals surface area contributed by atoms with Crippen LogP contribution in [0, 0.1) is 10.1 Å². The van der Waals surface area contributed by atoms with Gasteiger partial charge in [-0.05, 0) is 36.0 Å². The standard InChI is InChI=1S/C17H12N4O6S/c1-26-13-7-9(6-11-15(22)19-17(28)20-16(11)23)2-4-12(13)27-14-5-3-10(8-18-14)21(24)25/h2-8H,1H3,(H2,19,20,22,23,28). The lowest BCUT2D eigenvalue weighted by molar-refractivity contribution is -0.385. The smallest absolute Gasteiger partial charge is 0.287 e. The van der Waals surface area contributed by atoms with Crippen molar-refractivity contribution in [2.75, 3.05) is 7.11 Å². The second kappa shape index (κ2) is 7.80. The van der Waals surface area contributed by atoms with Crippen LogP contribution in [-0.4, -0.2) is 33.9 Å². The van der Waals surface area contributed by atoms with E-state index in [1.54, 1.807) is 18.2 Å². The molecular formula is C17H12N4O6S. The molecule has 2 N–H and O–H groups in total. The van der Waals surface area contributed by atoms with Crippen molar-refractivity contribution in [3.05, 3.63) is 57.8 Å². The summed E-state index contributed by atoms with van der Waals surface area (Å²) < 4.78 is 10.8. The largest absolute Gasteiger partial charge is 0.493 e. The second-order valence-electron chi connectivity index (χ2n) is 5.42. The van der Waals surface area contributed by atoms with Crippen LogP contribution in [0.1, 0.15) is 5.56 Å². The van der Waals surface area contributed by atoms with Crippen LogP contribution in [0.25, 0.3) is 6.08 Å². The van der Waals surface area contributed by atoms with E-state index in [2.05, 4.69) is 15.6 Å². The highest BCUT2D eigenvalue weighted by Crippen LogP contribution is 2.32. The zero-order valence-electron chi connectivity index (χ0n) is 14.3. The van der Waals surface area contributed by atoms with Gasteiger partial charge < -0.3 is 9.47 Å². The summed E-state index contributed by atoms with van der Waals surface area (Å²) in [5.41, 5.74) is 0.236. The van der Waals surface area contributed by atoms with Crippen molar-refractivity contribution in [3.8, 4) is 17.4 Å². The number of benzene rings is 1. The molecule has 0 radical (unpaired) electrons.